The molecule has 2 N–H and O–H groups in total. The van der Waals surface area contributed by atoms with Crippen LogP contribution >= 0.6 is 22.6 Å². The zero-order chi connectivity index (χ0) is 12.3. The molecule has 3 heteroatoms. The highest BCUT2D eigenvalue weighted by Gasteiger charge is 2.09. The minimum atomic E-state index is -0.211. The van der Waals surface area contributed by atoms with Gasteiger partial charge in [-0.05, 0) is 58.3 Å². The highest BCUT2D eigenvalue weighted by Crippen LogP contribution is 2.21. The smallest absolute Gasteiger partial charge is 0.123 e. The minimum Gasteiger partial charge on any atom is -0.324 e. The lowest BCUT2D eigenvalue weighted by atomic mass is 10.00. The molecule has 0 amide bonds. The summed E-state index contributed by atoms with van der Waals surface area (Å²) in [5.41, 5.74) is 8.36. The maximum Gasteiger partial charge on any atom is 0.123 e. The van der Waals surface area contributed by atoms with Crippen LogP contribution in [-0.2, 0) is 6.42 Å². The molecule has 1 unspecified atom stereocenters. The van der Waals surface area contributed by atoms with Crippen molar-refractivity contribution in [1.29, 1.82) is 0 Å². The minimum absolute atomic E-state index is 0.0476. The Kier molecular flexibility index (Phi) is 4.12. The Morgan fingerprint density at radius 3 is 2.35 bits per heavy atom. The van der Waals surface area contributed by atoms with E-state index >= 15 is 0 Å². The molecule has 0 saturated heterocycles. The summed E-state index contributed by atoms with van der Waals surface area (Å²) in [6.45, 7) is 0. The molecule has 0 aromatic heterocycles. The van der Waals surface area contributed by atoms with E-state index in [1.807, 2.05) is 24.3 Å². The molecular formula is C14H13FIN. The van der Waals surface area contributed by atoms with Crippen LogP contribution in [0.2, 0.25) is 0 Å². The Hall–Kier alpha value is -0.940. The predicted molar refractivity (Wildman–Crippen MR) is 76.2 cm³/mol. The van der Waals surface area contributed by atoms with Crippen LogP contribution in [0.1, 0.15) is 17.2 Å². The molecule has 0 spiro atoms. The van der Waals surface area contributed by atoms with Crippen LogP contribution in [0, 0.1) is 9.39 Å². The number of nitrogens with two attached hydrogens (primary N) is 1. The van der Waals surface area contributed by atoms with Crippen molar-refractivity contribution in [3.8, 4) is 0 Å². The van der Waals surface area contributed by atoms with Crippen molar-refractivity contribution in [3.63, 3.8) is 0 Å². The average Bonchev–Trinajstić information content (AvgIpc) is 2.32. The molecule has 0 heterocycles. The third-order valence-electron chi connectivity index (χ3n) is 2.67. The van der Waals surface area contributed by atoms with Gasteiger partial charge in [-0.15, -0.1) is 0 Å². The summed E-state index contributed by atoms with van der Waals surface area (Å²) in [7, 11) is 0. The fourth-order valence-corrected chi connectivity index (χ4v) is 2.55. The third-order valence-corrected chi connectivity index (χ3v) is 3.66. The quantitative estimate of drug-likeness (QED) is 0.847. The molecule has 0 bridgehead atoms. The summed E-state index contributed by atoms with van der Waals surface area (Å²) in [6.07, 6.45) is 0.723. The van der Waals surface area contributed by atoms with E-state index in [4.69, 9.17) is 5.73 Å². The zero-order valence-electron chi connectivity index (χ0n) is 9.24. The first kappa shape index (κ1) is 12.5. The Labute approximate surface area is 114 Å². The highest BCUT2D eigenvalue weighted by atomic mass is 127. The lowest BCUT2D eigenvalue weighted by Crippen LogP contribution is -2.14. The molecule has 1 atom stereocenters. The third kappa shape index (κ3) is 3.26. The van der Waals surface area contributed by atoms with Crippen molar-refractivity contribution in [2.24, 2.45) is 5.73 Å². The van der Waals surface area contributed by atoms with Gasteiger partial charge in [-0.2, -0.15) is 0 Å². The van der Waals surface area contributed by atoms with Crippen LogP contribution in [-0.4, -0.2) is 0 Å². The SMILES string of the molecule is NC(Cc1ccc(F)cc1)c1ccccc1I. The van der Waals surface area contributed by atoms with E-state index in [-0.39, 0.29) is 11.9 Å². The van der Waals surface area contributed by atoms with Gasteiger partial charge in [0.05, 0.1) is 0 Å². The number of rotatable bonds is 3. The van der Waals surface area contributed by atoms with Gasteiger partial charge < -0.3 is 5.73 Å². The first-order valence-corrected chi connectivity index (χ1v) is 6.49. The van der Waals surface area contributed by atoms with E-state index in [1.54, 1.807) is 12.1 Å². The van der Waals surface area contributed by atoms with Crippen LogP contribution in [0.15, 0.2) is 48.5 Å². The van der Waals surface area contributed by atoms with Gasteiger partial charge in [-0.25, -0.2) is 4.39 Å². The second-order valence-electron chi connectivity index (χ2n) is 3.96. The van der Waals surface area contributed by atoms with E-state index < -0.39 is 0 Å². The lowest BCUT2D eigenvalue weighted by Gasteiger charge is -2.13. The molecule has 2 rings (SSSR count). The van der Waals surface area contributed by atoms with Crippen molar-refractivity contribution < 1.29 is 4.39 Å². The van der Waals surface area contributed by atoms with Gasteiger partial charge in [-0.1, -0.05) is 30.3 Å². The summed E-state index contributed by atoms with van der Waals surface area (Å²) >= 11 is 2.28. The topological polar surface area (TPSA) is 26.0 Å². The first-order chi connectivity index (χ1) is 8.16. The molecule has 17 heavy (non-hydrogen) atoms. The van der Waals surface area contributed by atoms with E-state index in [0.29, 0.717) is 0 Å². The van der Waals surface area contributed by atoms with Crippen LogP contribution in [0.5, 0.6) is 0 Å². The fraction of sp³-hybridized carbons (Fsp3) is 0.143. The molecule has 2 aromatic carbocycles. The van der Waals surface area contributed by atoms with Gasteiger partial charge in [0, 0.05) is 9.61 Å². The fourth-order valence-electron chi connectivity index (χ4n) is 1.76. The van der Waals surface area contributed by atoms with Gasteiger partial charge in [-0.3, -0.25) is 0 Å². The molecular weight excluding hydrogens is 328 g/mol. The largest absolute Gasteiger partial charge is 0.324 e. The van der Waals surface area contributed by atoms with Gasteiger partial charge in [0.25, 0.3) is 0 Å². The lowest BCUT2D eigenvalue weighted by molar-refractivity contribution is 0.625. The molecule has 0 radical (unpaired) electrons. The van der Waals surface area contributed by atoms with Gasteiger partial charge in [0.1, 0.15) is 5.82 Å². The maximum atomic E-state index is 12.8. The molecule has 0 aliphatic heterocycles. The van der Waals surface area contributed by atoms with Crippen LogP contribution in [0.4, 0.5) is 4.39 Å². The second-order valence-corrected chi connectivity index (χ2v) is 5.12. The summed E-state index contributed by atoms with van der Waals surface area (Å²) in [5, 5.41) is 0. The number of halogens is 2. The van der Waals surface area contributed by atoms with Crippen LogP contribution < -0.4 is 5.73 Å². The molecule has 1 nitrogen and oxygen atoms in total. The molecule has 0 aliphatic rings. The monoisotopic (exact) mass is 341 g/mol. The van der Waals surface area contributed by atoms with E-state index in [9.17, 15) is 4.39 Å². The van der Waals surface area contributed by atoms with Gasteiger partial charge in [0.2, 0.25) is 0 Å². The summed E-state index contributed by atoms with van der Waals surface area (Å²) in [5.74, 6) is -0.211. The number of hydrogen-bond donors (Lipinski definition) is 1. The standard InChI is InChI=1S/C14H13FIN/c15-11-7-5-10(6-8-11)9-14(17)12-3-1-2-4-13(12)16/h1-8,14H,9,17H2. The van der Waals surface area contributed by atoms with Crippen LogP contribution in [0.25, 0.3) is 0 Å². The summed E-state index contributed by atoms with van der Waals surface area (Å²) in [4.78, 5) is 0. The first-order valence-electron chi connectivity index (χ1n) is 5.41. The van der Waals surface area contributed by atoms with E-state index in [0.717, 1.165) is 17.5 Å². The van der Waals surface area contributed by atoms with Crippen molar-refractivity contribution in [1.82, 2.24) is 0 Å². The van der Waals surface area contributed by atoms with Gasteiger partial charge >= 0.3 is 0 Å². The number of hydrogen-bond acceptors (Lipinski definition) is 1. The Morgan fingerprint density at radius 1 is 1.06 bits per heavy atom. The molecule has 0 fully saturated rings. The maximum absolute atomic E-state index is 12.8. The van der Waals surface area contributed by atoms with Crippen molar-refractivity contribution >= 4 is 22.6 Å². The van der Waals surface area contributed by atoms with Crippen molar-refractivity contribution in [3.05, 3.63) is 69.0 Å². The summed E-state index contributed by atoms with van der Waals surface area (Å²) < 4.78 is 13.9. The van der Waals surface area contributed by atoms with Crippen molar-refractivity contribution in [2.45, 2.75) is 12.5 Å². The Balaban J connectivity index is 2.14. The zero-order valence-corrected chi connectivity index (χ0v) is 11.4. The molecule has 0 aliphatic carbocycles. The second kappa shape index (κ2) is 5.60. The normalized spacial score (nSPS) is 12.4. The van der Waals surface area contributed by atoms with Crippen LogP contribution in [0.3, 0.4) is 0 Å². The molecule has 2 aromatic rings. The predicted octanol–water partition coefficient (Wildman–Crippen LogP) is 3.67. The van der Waals surface area contributed by atoms with Gasteiger partial charge in [0.15, 0.2) is 0 Å². The molecule has 88 valence electrons. The van der Waals surface area contributed by atoms with E-state index in [1.165, 1.54) is 15.7 Å². The average molecular weight is 341 g/mol. The Bertz CT molecular complexity index is 496. The van der Waals surface area contributed by atoms with E-state index in [2.05, 4.69) is 22.6 Å². The number of benzene rings is 2. The van der Waals surface area contributed by atoms with Crippen molar-refractivity contribution in [2.75, 3.05) is 0 Å². The highest BCUT2D eigenvalue weighted by molar-refractivity contribution is 14.1. The Morgan fingerprint density at radius 2 is 1.71 bits per heavy atom. The molecule has 0 saturated carbocycles. The summed E-state index contributed by atoms with van der Waals surface area (Å²) in [6, 6.07) is 14.5.